The molecule has 4 nitrogen and oxygen atoms in total. The second-order valence-electron chi connectivity index (χ2n) is 4.55. The number of aliphatic hydroxyl groups is 1. The van der Waals surface area contributed by atoms with Gasteiger partial charge in [-0.05, 0) is 18.6 Å². The van der Waals surface area contributed by atoms with Gasteiger partial charge in [-0.2, -0.15) is 0 Å². The van der Waals surface area contributed by atoms with Crippen LogP contribution in [0.2, 0.25) is 5.02 Å². The summed E-state index contributed by atoms with van der Waals surface area (Å²) in [6.07, 6.45) is -2.54. The molecule has 1 aromatic heterocycles. The molecule has 0 bridgehead atoms. The van der Waals surface area contributed by atoms with Crippen molar-refractivity contribution < 1.29 is 22.7 Å². The summed E-state index contributed by atoms with van der Waals surface area (Å²) in [6.45, 7) is 0.177. The lowest BCUT2D eigenvalue weighted by Crippen LogP contribution is -2.08. The number of nitrogens with one attached hydrogen (secondary N) is 1. The van der Waals surface area contributed by atoms with Gasteiger partial charge in [0, 0.05) is 19.2 Å². The van der Waals surface area contributed by atoms with Gasteiger partial charge in [-0.3, -0.25) is 0 Å². The van der Waals surface area contributed by atoms with Gasteiger partial charge in [0.05, 0.1) is 10.6 Å². The van der Waals surface area contributed by atoms with E-state index in [4.69, 9.17) is 16.7 Å². The Kier molecular flexibility index (Phi) is 5.73. The number of nitrogens with zero attached hydrogens (tertiary/aromatic N) is 2. The molecular weight excluding hydrogens is 338 g/mol. The normalized spacial score (nSPS) is 11.1. The summed E-state index contributed by atoms with van der Waals surface area (Å²) in [5, 5.41) is 11.0. The van der Waals surface area contributed by atoms with Crippen molar-refractivity contribution in [2.45, 2.75) is 12.8 Å². The molecule has 0 unspecified atom stereocenters. The molecule has 1 aromatic carbocycles. The maximum atomic E-state index is 13.9. The fourth-order valence-electron chi connectivity index (χ4n) is 1.78. The highest BCUT2D eigenvalue weighted by Gasteiger charge is 2.18. The third-order valence-electron chi connectivity index (χ3n) is 2.86. The van der Waals surface area contributed by atoms with Crippen LogP contribution >= 0.6 is 11.6 Å². The Morgan fingerprint density at radius 1 is 1.13 bits per heavy atom. The molecule has 2 aromatic rings. The number of benzene rings is 1. The summed E-state index contributed by atoms with van der Waals surface area (Å²) in [5.74, 6) is -2.20. The lowest BCUT2D eigenvalue weighted by Gasteiger charge is -2.10. The fraction of sp³-hybridized carbons (Fsp3) is 0.286. The van der Waals surface area contributed by atoms with Crippen molar-refractivity contribution in [2.75, 3.05) is 18.5 Å². The summed E-state index contributed by atoms with van der Waals surface area (Å²) in [6, 6.07) is 2.49. The van der Waals surface area contributed by atoms with E-state index in [1.54, 1.807) is 0 Å². The topological polar surface area (TPSA) is 58.0 Å². The molecule has 0 amide bonds. The summed E-state index contributed by atoms with van der Waals surface area (Å²) in [4.78, 5) is 7.47. The lowest BCUT2D eigenvalue weighted by molar-refractivity contribution is 0.146. The van der Waals surface area contributed by atoms with Crippen LogP contribution in [0.5, 0.6) is 0 Å². The van der Waals surface area contributed by atoms with Gasteiger partial charge in [0.1, 0.15) is 23.1 Å². The monoisotopic (exact) mass is 349 g/mol. The summed E-state index contributed by atoms with van der Waals surface area (Å²) < 4.78 is 53.3. The maximum absolute atomic E-state index is 13.9. The van der Waals surface area contributed by atoms with Gasteiger partial charge >= 0.3 is 0 Å². The molecule has 0 atom stereocenters. The molecular formula is C14H12ClF4N3O. The number of aromatic nitrogens is 2. The average Bonchev–Trinajstić information content (AvgIpc) is 2.51. The largest absolute Gasteiger partial charge is 0.396 e. The van der Waals surface area contributed by atoms with Gasteiger partial charge in [-0.15, -0.1) is 0 Å². The number of hydrogen-bond donors (Lipinski definition) is 2. The van der Waals surface area contributed by atoms with Crippen molar-refractivity contribution in [3.63, 3.8) is 0 Å². The minimum atomic E-state index is -2.91. The predicted molar refractivity (Wildman–Crippen MR) is 77.5 cm³/mol. The van der Waals surface area contributed by atoms with Crippen molar-refractivity contribution >= 4 is 17.4 Å². The third kappa shape index (κ3) is 4.29. The molecule has 0 spiro atoms. The van der Waals surface area contributed by atoms with E-state index in [-0.39, 0.29) is 30.4 Å². The summed E-state index contributed by atoms with van der Waals surface area (Å²) >= 11 is 5.46. The van der Waals surface area contributed by atoms with Crippen molar-refractivity contribution in [1.82, 2.24) is 9.97 Å². The van der Waals surface area contributed by atoms with Crippen LogP contribution in [0.25, 0.3) is 11.4 Å². The highest BCUT2D eigenvalue weighted by atomic mass is 35.5. The molecule has 0 saturated heterocycles. The van der Waals surface area contributed by atoms with Gasteiger partial charge in [0.15, 0.2) is 5.82 Å². The van der Waals surface area contributed by atoms with Crippen LogP contribution in [0.1, 0.15) is 18.5 Å². The highest BCUT2D eigenvalue weighted by Crippen LogP contribution is 2.28. The Morgan fingerprint density at radius 3 is 2.52 bits per heavy atom. The van der Waals surface area contributed by atoms with Crippen LogP contribution in [0.4, 0.5) is 23.4 Å². The Bertz CT molecular complexity index is 700. The third-order valence-corrected chi connectivity index (χ3v) is 3.15. The second kappa shape index (κ2) is 7.56. The molecule has 9 heteroatoms. The predicted octanol–water partition coefficient (Wildman–Crippen LogP) is 3.81. The van der Waals surface area contributed by atoms with E-state index < -0.39 is 28.8 Å². The first kappa shape index (κ1) is 17.4. The molecule has 0 aliphatic rings. The van der Waals surface area contributed by atoms with E-state index in [0.29, 0.717) is 6.42 Å². The standard InChI is InChI=1S/C14H12ClF4N3O/c15-8-5-9(16)7(4-10(8)17)14-21-11(13(18)19)6-12(22-14)20-2-1-3-23/h4-6,13,23H,1-3H2,(H,20,21,22). The van der Waals surface area contributed by atoms with Crippen molar-refractivity contribution in [3.8, 4) is 11.4 Å². The molecule has 23 heavy (non-hydrogen) atoms. The molecule has 0 saturated carbocycles. The van der Waals surface area contributed by atoms with E-state index >= 15 is 0 Å². The van der Waals surface area contributed by atoms with Crippen LogP contribution in [-0.2, 0) is 0 Å². The molecule has 1 heterocycles. The lowest BCUT2D eigenvalue weighted by atomic mass is 10.2. The van der Waals surface area contributed by atoms with Crippen molar-refractivity contribution in [1.29, 1.82) is 0 Å². The van der Waals surface area contributed by atoms with E-state index in [9.17, 15) is 17.6 Å². The van der Waals surface area contributed by atoms with Gasteiger partial charge in [0.25, 0.3) is 6.43 Å². The van der Waals surface area contributed by atoms with Crippen LogP contribution < -0.4 is 5.32 Å². The molecule has 0 aliphatic carbocycles. The molecule has 124 valence electrons. The number of alkyl halides is 2. The zero-order chi connectivity index (χ0) is 17.0. The number of halogens is 5. The Morgan fingerprint density at radius 2 is 1.87 bits per heavy atom. The smallest absolute Gasteiger partial charge is 0.280 e. The summed E-state index contributed by atoms with van der Waals surface area (Å²) in [7, 11) is 0. The quantitative estimate of drug-likeness (QED) is 0.473. The van der Waals surface area contributed by atoms with Gasteiger partial charge in [-0.25, -0.2) is 27.5 Å². The van der Waals surface area contributed by atoms with E-state index in [1.165, 1.54) is 0 Å². The Hall–Kier alpha value is -1.93. The summed E-state index contributed by atoms with van der Waals surface area (Å²) in [5.41, 5.74) is -1.00. The number of anilines is 1. The maximum Gasteiger partial charge on any atom is 0.280 e. The SMILES string of the molecule is OCCCNc1cc(C(F)F)nc(-c2cc(F)c(Cl)cc2F)n1. The van der Waals surface area contributed by atoms with Crippen LogP contribution in [0.15, 0.2) is 18.2 Å². The fourth-order valence-corrected chi connectivity index (χ4v) is 1.93. The first-order valence-electron chi connectivity index (χ1n) is 6.59. The minimum Gasteiger partial charge on any atom is -0.396 e. The molecule has 0 radical (unpaired) electrons. The van der Waals surface area contributed by atoms with Crippen molar-refractivity contribution in [2.24, 2.45) is 0 Å². The number of rotatable bonds is 6. The molecule has 2 N–H and O–H groups in total. The van der Waals surface area contributed by atoms with Gasteiger partial charge < -0.3 is 10.4 Å². The van der Waals surface area contributed by atoms with E-state index in [1.807, 2.05) is 0 Å². The van der Waals surface area contributed by atoms with Crippen LogP contribution in [0, 0.1) is 11.6 Å². The Labute approximate surface area is 134 Å². The zero-order valence-corrected chi connectivity index (χ0v) is 12.4. The molecule has 0 fully saturated rings. The van der Waals surface area contributed by atoms with Gasteiger partial charge in [-0.1, -0.05) is 11.6 Å². The van der Waals surface area contributed by atoms with Gasteiger partial charge in [0.2, 0.25) is 0 Å². The van der Waals surface area contributed by atoms with Crippen molar-refractivity contribution in [3.05, 3.63) is 40.6 Å². The molecule has 2 rings (SSSR count). The zero-order valence-electron chi connectivity index (χ0n) is 11.7. The Balaban J connectivity index is 2.46. The van der Waals surface area contributed by atoms with E-state index in [2.05, 4.69) is 15.3 Å². The minimum absolute atomic E-state index is 0.0218. The first-order chi connectivity index (χ1) is 10.9. The highest BCUT2D eigenvalue weighted by molar-refractivity contribution is 6.30. The number of hydrogen-bond acceptors (Lipinski definition) is 4. The molecule has 0 aliphatic heterocycles. The second-order valence-corrected chi connectivity index (χ2v) is 4.96. The first-order valence-corrected chi connectivity index (χ1v) is 6.97. The van der Waals surface area contributed by atoms with Crippen LogP contribution in [0.3, 0.4) is 0 Å². The average molecular weight is 350 g/mol. The van der Waals surface area contributed by atoms with E-state index in [0.717, 1.165) is 18.2 Å². The number of aliphatic hydroxyl groups excluding tert-OH is 1. The van der Waals surface area contributed by atoms with Crippen LogP contribution in [-0.4, -0.2) is 28.2 Å².